The number of ether oxygens (including phenoxy) is 3. The molecule has 1 heterocycles. The second-order valence-electron chi connectivity index (χ2n) is 11.2. The SMILES string of the molecule is CCCCCCCCCCCC(=O)O[C@H]1C(SC)O[C@H](CO)[C@@H](OS(=O)(=O)O)[C@@H]1OC(=O)CCCCCCCCCC. The quantitative estimate of drug-likeness (QED) is 0.0638. The van der Waals surface area contributed by atoms with Gasteiger partial charge in [0, 0.05) is 12.8 Å². The van der Waals surface area contributed by atoms with Gasteiger partial charge in [-0.3, -0.25) is 14.1 Å². The number of unbranched alkanes of at least 4 members (excludes halogenated alkanes) is 15. The fourth-order valence-electron chi connectivity index (χ4n) is 5.14. The molecular formula is C30H56O10S2. The van der Waals surface area contributed by atoms with Crippen molar-refractivity contribution in [2.24, 2.45) is 0 Å². The zero-order valence-electron chi connectivity index (χ0n) is 26.0. The highest BCUT2D eigenvalue weighted by molar-refractivity contribution is 7.99. The van der Waals surface area contributed by atoms with E-state index in [9.17, 15) is 27.7 Å². The summed E-state index contributed by atoms with van der Waals surface area (Å²) in [6.07, 6.45) is 14.7. The van der Waals surface area contributed by atoms with Gasteiger partial charge in [0.05, 0.1) is 6.61 Å². The van der Waals surface area contributed by atoms with Gasteiger partial charge in [-0.05, 0) is 19.1 Å². The van der Waals surface area contributed by atoms with Gasteiger partial charge >= 0.3 is 22.3 Å². The Labute approximate surface area is 258 Å². The molecule has 5 atom stereocenters. The van der Waals surface area contributed by atoms with Crippen molar-refractivity contribution in [2.45, 2.75) is 166 Å². The Kier molecular flexibility index (Phi) is 21.8. The minimum atomic E-state index is -5.01. The van der Waals surface area contributed by atoms with E-state index in [2.05, 4.69) is 13.8 Å². The molecule has 248 valence electrons. The maximum absolute atomic E-state index is 12.8. The Morgan fingerprint density at radius 3 is 1.48 bits per heavy atom. The van der Waals surface area contributed by atoms with Crippen LogP contribution in [0.15, 0.2) is 0 Å². The van der Waals surface area contributed by atoms with Gasteiger partial charge in [0.25, 0.3) is 0 Å². The topological polar surface area (TPSA) is 146 Å². The third-order valence-electron chi connectivity index (χ3n) is 7.49. The van der Waals surface area contributed by atoms with Crippen LogP contribution in [0.25, 0.3) is 0 Å². The lowest BCUT2D eigenvalue weighted by Crippen LogP contribution is -2.61. The number of aliphatic hydroxyl groups excluding tert-OH is 1. The maximum atomic E-state index is 12.8. The largest absolute Gasteiger partial charge is 0.455 e. The van der Waals surface area contributed by atoms with Gasteiger partial charge in [-0.1, -0.05) is 110 Å². The normalized spacial score (nSPS) is 22.6. The average Bonchev–Trinajstić information content (AvgIpc) is 2.94. The Morgan fingerprint density at radius 2 is 1.10 bits per heavy atom. The molecule has 0 aromatic rings. The zero-order chi connectivity index (χ0) is 31.2. The molecule has 0 saturated carbocycles. The third-order valence-corrected chi connectivity index (χ3v) is 8.80. The van der Waals surface area contributed by atoms with Crippen molar-refractivity contribution in [3.8, 4) is 0 Å². The fraction of sp³-hybridized carbons (Fsp3) is 0.933. The van der Waals surface area contributed by atoms with Crippen molar-refractivity contribution < 1.29 is 46.1 Å². The predicted molar refractivity (Wildman–Crippen MR) is 165 cm³/mol. The second-order valence-corrected chi connectivity index (χ2v) is 13.1. The van der Waals surface area contributed by atoms with Crippen LogP contribution in [0.3, 0.4) is 0 Å². The summed E-state index contributed by atoms with van der Waals surface area (Å²) < 4.78 is 54.7. The van der Waals surface area contributed by atoms with E-state index in [-0.39, 0.29) is 12.8 Å². The first-order valence-corrected chi connectivity index (χ1v) is 18.7. The smallest absolute Gasteiger partial charge is 0.397 e. The molecule has 42 heavy (non-hydrogen) atoms. The number of carbonyl (C=O) groups excluding carboxylic acids is 2. The van der Waals surface area contributed by atoms with Gasteiger partial charge in [0.2, 0.25) is 0 Å². The van der Waals surface area contributed by atoms with Crippen LogP contribution < -0.4 is 0 Å². The van der Waals surface area contributed by atoms with Crippen molar-refractivity contribution in [2.75, 3.05) is 12.9 Å². The fourth-order valence-corrected chi connectivity index (χ4v) is 6.38. The molecule has 1 rings (SSSR count). The van der Waals surface area contributed by atoms with Crippen molar-refractivity contribution in [1.82, 2.24) is 0 Å². The summed E-state index contributed by atoms with van der Waals surface area (Å²) in [6, 6.07) is 0. The van der Waals surface area contributed by atoms with Gasteiger partial charge in [-0.2, -0.15) is 8.42 Å². The molecule has 2 N–H and O–H groups in total. The van der Waals surface area contributed by atoms with E-state index in [0.29, 0.717) is 12.8 Å². The first kappa shape index (κ1) is 39.1. The molecular weight excluding hydrogens is 584 g/mol. The average molecular weight is 641 g/mol. The standard InChI is InChI=1S/C30H56O10S2/c1-4-6-8-10-12-14-16-18-20-22-26(33)39-29-28(38-25(32)21-19-17-15-13-11-9-7-5-2)27(40-42(34,35)36)24(23-31)37-30(29)41-3/h24,27-31H,4-23H2,1-3H3,(H,34,35,36)/t24-,27-,28+,29-,30?/m1/s1. The number of hydrogen-bond acceptors (Lipinski definition) is 10. The van der Waals surface area contributed by atoms with Gasteiger partial charge in [-0.25, -0.2) is 4.18 Å². The van der Waals surface area contributed by atoms with Crippen molar-refractivity contribution in [1.29, 1.82) is 0 Å². The zero-order valence-corrected chi connectivity index (χ0v) is 27.6. The number of thioether (sulfide) groups is 1. The Morgan fingerprint density at radius 1 is 0.690 bits per heavy atom. The summed E-state index contributed by atoms with van der Waals surface area (Å²) in [7, 11) is -5.01. The molecule has 1 fully saturated rings. The summed E-state index contributed by atoms with van der Waals surface area (Å²) in [5.74, 6) is -1.13. The van der Waals surface area contributed by atoms with Crippen LogP contribution in [0, 0.1) is 0 Å². The summed E-state index contributed by atoms with van der Waals surface area (Å²) in [5, 5.41) is 9.88. The van der Waals surface area contributed by atoms with Gasteiger partial charge < -0.3 is 19.3 Å². The molecule has 0 aliphatic carbocycles. The molecule has 1 aliphatic rings. The van der Waals surface area contributed by atoms with Crippen LogP contribution in [0.1, 0.15) is 136 Å². The highest BCUT2D eigenvalue weighted by Gasteiger charge is 2.52. The van der Waals surface area contributed by atoms with Crippen LogP contribution in [0.4, 0.5) is 0 Å². The highest BCUT2D eigenvalue weighted by Crippen LogP contribution is 2.34. The summed E-state index contributed by atoms with van der Waals surface area (Å²) in [6.45, 7) is 3.70. The number of hydrogen-bond donors (Lipinski definition) is 2. The number of aliphatic hydroxyl groups is 1. The molecule has 1 aliphatic heterocycles. The lowest BCUT2D eigenvalue weighted by Gasteiger charge is -2.43. The molecule has 0 bridgehead atoms. The van der Waals surface area contributed by atoms with Crippen molar-refractivity contribution in [3.05, 3.63) is 0 Å². The summed E-state index contributed by atoms with van der Waals surface area (Å²) >= 11 is 1.17. The van der Waals surface area contributed by atoms with Crippen LogP contribution >= 0.6 is 11.8 Å². The van der Waals surface area contributed by atoms with E-state index in [1.54, 1.807) is 6.26 Å². The summed E-state index contributed by atoms with van der Waals surface area (Å²) in [4.78, 5) is 25.6. The third kappa shape index (κ3) is 17.4. The number of carbonyl (C=O) groups is 2. The van der Waals surface area contributed by atoms with E-state index >= 15 is 0 Å². The van der Waals surface area contributed by atoms with E-state index in [1.165, 1.54) is 69.5 Å². The van der Waals surface area contributed by atoms with Crippen molar-refractivity contribution in [3.63, 3.8) is 0 Å². The second kappa shape index (κ2) is 23.5. The Bertz CT molecular complexity index is 823. The number of esters is 2. The monoisotopic (exact) mass is 640 g/mol. The van der Waals surface area contributed by atoms with Gasteiger partial charge in [0.1, 0.15) is 17.6 Å². The molecule has 0 aromatic carbocycles. The van der Waals surface area contributed by atoms with Crippen molar-refractivity contribution >= 4 is 34.1 Å². The molecule has 1 unspecified atom stereocenters. The van der Waals surface area contributed by atoms with E-state index in [1.807, 2.05) is 0 Å². The minimum Gasteiger partial charge on any atom is -0.455 e. The lowest BCUT2D eigenvalue weighted by atomic mass is 9.99. The Hall–Kier alpha value is -0.920. The first-order chi connectivity index (χ1) is 20.2. The molecule has 0 amide bonds. The maximum Gasteiger partial charge on any atom is 0.397 e. The minimum absolute atomic E-state index is 0.0950. The molecule has 0 radical (unpaired) electrons. The highest BCUT2D eigenvalue weighted by atomic mass is 32.3. The van der Waals surface area contributed by atoms with Gasteiger partial charge in [-0.15, -0.1) is 11.8 Å². The van der Waals surface area contributed by atoms with Crippen LogP contribution in [0.5, 0.6) is 0 Å². The Balaban J connectivity index is 2.77. The van der Waals surface area contributed by atoms with Crippen LogP contribution in [-0.2, 0) is 38.4 Å². The summed E-state index contributed by atoms with van der Waals surface area (Å²) in [5.41, 5.74) is -0.851. The molecule has 1 saturated heterocycles. The van der Waals surface area contributed by atoms with Gasteiger partial charge in [0.15, 0.2) is 12.2 Å². The molecule has 12 heteroatoms. The van der Waals surface area contributed by atoms with Crippen LogP contribution in [-0.4, -0.2) is 72.7 Å². The van der Waals surface area contributed by atoms with E-state index in [0.717, 1.165) is 38.5 Å². The molecule has 0 aromatic heterocycles. The molecule has 0 spiro atoms. The predicted octanol–water partition coefficient (Wildman–Crippen LogP) is 6.53. The van der Waals surface area contributed by atoms with Crippen LogP contribution in [0.2, 0.25) is 0 Å². The van der Waals surface area contributed by atoms with E-state index < -0.39 is 58.8 Å². The molecule has 10 nitrogen and oxygen atoms in total. The first-order valence-electron chi connectivity index (χ1n) is 16.0. The lowest BCUT2D eigenvalue weighted by molar-refractivity contribution is -0.225. The van der Waals surface area contributed by atoms with E-state index in [4.69, 9.17) is 18.4 Å². The number of rotatable bonds is 25.